The molecule has 1 unspecified atom stereocenters. The van der Waals surface area contributed by atoms with Crippen LogP contribution in [-0.2, 0) is 25.8 Å². The number of benzene rings is 1. The predicted octanol–water partition coefficient (Wildman–Crippen LogP) is 2.46. The number of halogens is 1. The molecular formula is C15H18BrNO4. The van der Waals surface area contributed by atoms with Crippen LogP contribution in [0.2, 0.25) is 0 Å². The molecule has 0 aliphatic carbocycles. The van der Waals surface area contributed by atoms with Crippen LogP contribution in [0.25, 0.3) is 0 Å². The fraction of sp³-hybridized carbons (Fsp3) is 0.333. The highest BCUT2D eigenvalue weighted by Crippen LogP contribution is 2.08. The first-order chi connectivity index (χ1) is 10.1. The van der Waals surface area contributed by atoms with Gasteiger partial charge in [0, 0.05) is 0 Å². The molecule has 0 spiro atoms. The van der Waals surface area contributed by atoms with E-state index in [0.717, 1.165) is 10.6 Å². The van der Waals surface area contributed by atoms with Crippen LogP contribution in [0.5, 0.6) is 0 Å². The molecule has 0 aliphatic rings. The second kappa shape index (κ2) is 9.31. The minimum Gasteiger partial charge on any atom is -0.459 e. The summed E-state index contributed by atoms with van der Waals surface area (Å²) in [7, 11) is 0. The number of hydrogen-bond donors (Lipinski definition) is 0. The van der Waals surface area contributed by atoms with Crippen molar-refractivity contribution in [3.8, 4) is 0 Å². The van der Waals surface area contributed by atoms with Gasteiger partial charge in [0.15, 0.2) is 6.04 Å². The minimum absolute atomic E-state index is 0.0560. The third kappa shape index (κ3) is 5.69. The maximum absolute atomic E-state index is 12.0. The van der Waals surface area contributed by atoms with Crippen molar-refractivity contribution in [3.63, 3.8) is 0 Å². The third-order valence-corrected chi connectivity index (χ3v) is 3.09. The van der Waals surface area contributed by atoms with Gasteiger partial charge in [-0.15, -0.1) is 6.58 Å². The summed E-state index contributed by atoms with van der Waals surface area (Å²) >= 11 is 3.05. The number of rotatable bonds is 8. The Morgan fingerprint density at radius 1 is 1.38 bits per heavy atom. The summed E-state index contributed by atoms with van der Waals surface area (Å²) in [6.45, 7) is 5.35. The van der Waals surface area contributed by atoms with Crippen molar-refractivity contribution >= 4 is 27.8 Å². The normalized spacial score (nSPS) is 11.5. The second-order valence-corrected chi connectivity index (χ2v) is 4.77. The molecule has 0 saturated carbocycles. The van der Waals surface area contributed by atoms with Crippen LogP contribution in [0.15, 0.2) is 43.0 Å². The Bertz CT molecular complexity index is 478. The molecule has 0 aliphatic heterocycles. The molecule has 1 rings (SSSR count). The van der Waals surface area contributed by atoms with Crippen LogP contribution >= 0.6 is 15.9 Å². The Kier molecular flexibility index (Phi) is 7.71. The maximum Gasteiger partial charge on any atom is 0.331 e. The molecule has 21 heavy (non-hydrogen) atoms. The van der Waals surface area contributed by atoms with E-state index in [2.05, 4.69) is 22.5 Å². The number of amides is 1. The molecule has 1 amide bonds. The fourth-order valence-corrected chi connectivity index (χ4v) is 1.78. The van der Waals surface area contributed by atoms with E-state index in [0.29, 0.717) is 0 Å². The number of carbonyl (C=O) groups is 2. The van der Waals surface area contributed by atoms with Gasteiger partial charge in [-0.2, -0.15) is 0 Å². The number of esters is 1. The molecule has 1 aromatic rings. The summed E-state index contributed by atoms with van der Waals surface area (Å²) in [6, 6.07) is 8.48. The average molecular weight is 356 g/mol. The molecule has 1 aromatic carbocycles. The van der Waals surface area contributed by atoms with Gasteiger partial charge in [0.1, 0.15) is 6.61 Å². The first-order valence-electron chi connectivity index (χ1n) is 6.42. The van der Waals surface area contributed by atoms with E-state index in [1.807, 2.05) is 30.3 Å². The molecule has 6 heteroatoms. The monoisotopic (exact) mass is 355 g/mol. The molecule has 0 bridgehead atoms. The standard InChI is InChI=1S/C15H18BrNO4/c1-3-9-21-17(14(18)10-16)12(2)15(19)20-11-13-7-5-4-6-8-13/h3-8,12H,1,9-11H2,2H3. The summed E-state index contributed by atoms with van der Waals surface area (Å²) < 4.78 is 5.19. The van der Waals surface area contributed by atoms with Crippen LogP contribution < -0.4 is 0 Å². The molecule has 0 N–H and O–H groups in total. The second-order valence-electron chi connectivity index (χ2n) is 4.21. The molecule has 0 aromatic heterocycles. The first-order valence-corrected chi connectivity index (χ1v) is 7.54. The van der Waals surface area contributed by atoms with Crippen molar-refractivity contribution in [2.75, 3.05) is 11.9 Å². The van der Waals surface area contributed by atoms with Crippen molar-refractivity contribution in [2.45, 2.75) is 19.6 Å². The number of hydroxylamine groups is 2. The zero-order valence-electron chi connectivity index (χ0n) is 11.8. The molecule has 0 radical (unpaired) electrons. The largest absolute Gasteiger partial charge is 0.459 e. The SMILES string of the molecule is C=CCON(C(=O)CBr)C(C)C(=O)OCc1ccccc1. The molecule has 114 valence electrons. The topological polar surface area (TPSA) is 55.8 Å². The van der Waals surface area contributed by atoms with Gasteiger partial charge < -0.3 is 4.74 Å². The number of alkyl halides is 1. The van der Waals surface area contributed by atoms with Crippen LogP contribution in [0, 0.1) is 0 Å². The Morgan fingerprint density at radius 2 is 2.05 bits per heavy atom. The summed E-state index contributed by atoms with van der Waals surface area (Å²) in [5, 5.41) is 1.06. The Labute approximate surface area is 132 Å². The quantitative estimate of drug-likeness (QED) is 0.311. The predicted molar refractivity (Wildman–Crippen MR) is 82.5 cm³/mol. The summed E-state index contributed by atoms with van der Waals surface area (Å²) in [4.78, 5) is 29.0. The van der Waals surface area contributed by atoms with Crippen molar-refractivity contribution < 1.29 is 19.2 Å². The highest BCUT2D eigenvalue weighted by Gasteiger charge is 2.27. The van der Waals surface area contributed by atoms with Crippen molar-refractivity contribution in [3.05, 3.63) is 48.6 Å². The fourth-order valence-electron chi connectivity index (χ4n) is 1.54. The highest BCUT2D eigenvalue weighted by atomic mass is 79.9. The average Bonchev–Trinajstić information content (AvgIpc) is 2.53. The molecule has 0 saturated heterocycles. The number of ether oxygens (including phenoxy) is 1. The lowest BCUT2D eigenvalue weighted by Crippen LogP contribution is -2.44. The number of nitrogens with zero attached hydrogens (tertiary/aromatic N) is 1. The summed E-state index contributed by atoms with van der Waals surface area (Å²) in [5.41, 5.74) is 0.878. The zero-order chi connectivity index (χ0) is 15.7. The molecule has 1 atom stereocenters. The van der Waals surface area contributed by atoms with Crippen LogP contribution in [-0.4, -0.2) is 34.9 Å². The molecular weight excluding hydrogens is 338 g/mol. The highest BCUT2D eigenvalue weighted by molar-refractivity contribution is 9.09. The van der Waals surface area contributed by atoms with Crippen LogP contribution in [0.3, 0.4) is 0 Å². The Hall–Kier alpha value is -1.66. The molecule has 0 fully saturated rings. The van der Waals surface area contributed by atoms with E-state index in [9.17, 15) is 9.59 Å². The summed E-state index contributed by atoms with van der Waals surface area (Å²) in [5.74, 6) is -0.891. The van der Waals surface area contributed by atoms with Gasteiger partial charge in [0.2, 0.25) is 0 Å². The summed E-state index contributed by atoms with van der Waals surface area (Å²) in [6.07, 6.45) is 1.50. The van der Waals surface area contributed by atoms with Gasteiger partial charge in [-0.1, -0.05) is 52.3 Å². The van der Waals surface area contributed by atoms with E-state index in [-0.39, 0.29) is 24.5 Å². The van der Waals surface area contributed by atoms with E-state index in [1.165, 1.54) is 6.08 Å². The van der Waals surface area contributed by atoms with E-state index in [4.69, 9.17) is 9.57 Å². The number of hydrogen-bond acceptors (Lipinski definition) is 4. The van der Waals surface area contributed by atoms with Crippen molar-refractivity contribution in [1.29, 1.82) is 0 Å². The van der Waals surface area contributed by atoms with Gasteiger partial charge in [-0.05, 0) is 12.5 Å². The van der Waals surface area contributed by atoms with Gasteiger partial charge in [0.25, 0.3) is 5.91 Å². The van der Waals surface area contributed by atoms with Crippen molar-refractivity contribution in [1.82, 2.24) is 5.06 Å². The number of carbonyl (C=O) groups excluding carboxylic acids is 2. The minimum atomic E-state index is -0.835. The third-order valence-electron chi connectivity index (χ3n) is 2.61. The Balaban J connectivity index is 2.60. The maximum atomic E-state index is 12.0. The van der Waals surface area contributed by atoms with Crippen LogP contribution in [0.4, 0.5) is 0 Å². The van der Waals surface area contributed by atoms with E-state index in [1.54, 1.807) is 6.92 Å². The van der Waals surface area contributed by atoms with E-state index >= 15 is 0 Å². The lowest BCUT2D eigenvalue weighted by molar-refractivity contribution is -0.201. The zero-order valence-corrected chi connectivity index (χ0v) is 13.4. The van der Waals surface area contributed by atoms with Gasteiger partial charge in [-0.25, -0.2) is 9.86 Å². The van der Waals surface area contributed by atoms with Gasteiger partial charge >= 0.3 is 5.97 Å². The van der Waals surface area contributed by atoms with Gasteiger partial charge in [-0.3, -0.25) is 9.63 Å². The molecule has 5 nitrogen and oxygen atoms in total. The van der Waals surface area contributed by atoms with Gasteiger partial charge in [0.05, 0.1) is 11.9 Å². The van der Waals surface area contributed by atoms with Crippen LogP contribution in [0.1, 0.15) is 12.5 Å². The lowest BCUT2D eigenvalue weighted by atomic mass is 10.2. The molecule has 0 heterocycles. The first kappa shape index (κ1) is 17.4. The lowest BCUT2D eigenvalue weighted by Gasteiger charge is -2.25. The van der Waals surface area contributed by atoms with E-state index < -0.39 is 12.0 Å². The smallest absolute Gasteiger partial charge is 0.331 e. The van der Waals surface area contributed by atoms with Crippen molar-refractivity contribution in [2.24, 2.45) is 0 Å². The Morgan fingerprint density at radius 3 is 2.62 bits per heavy atom.